The normalized spacial score (nSPS) is 18.4. The van der Waals surface area contributed by atoms with Gasteiger partial charge < -0.3 is 5.32 Å². The van der Waals surface area contributed by atoms with E-state index in [2.05, 4.69) is 27.7 Å². The zero-order chi connectivity index (χ0) is 13.1. The van der Waals surface area contributed by atoms with Crippen LogP contribution < -0.4 is 5.32 Å². The SMILES string of the molecule is Fc1cccc([C@H](c2cccs2)N2CCNCC2)c1. The highest BCUT2D eigenvalue weighted by molar-refractivity contribution is 7.10. The van der Waals surface area contributed by atoms with Crippen LogP contribution in [-0.2, 0) is 0 Å². The Morgan fingerprint density at radius 3 is 2.68 bits per heavy atom. The summed E-state index contributed by atoms with van der Waals surface area (Å²) in [5.41, 5.74) is 1.05. The molecule has 1 aromatic heterocycles. The molecule has 0 unspecified atom stereocenters. The zero-order valence-electron chi connectivity index (χ0n) is 10.7. The maximum atomic E-state index is 13.5. The quantitative estimate of drug-likeness (QED) is 0.927. The van der Waals surface area contributed by atoms with Gasteiger partial charge in [-0.3, -0.25) is 4.90 Å². The molecule has 1 aliphatic heterocycles. The summed E-state index contributed by atoms with van der Waals surface area (Å²) in [5.74, 6) is -0.158. The van der Waals surface area contributed by atoms with E-state index in [0.29, 0.717) is 0 Å². The molecule has 1 aliphatic rings. The van der Waals surface area contributed by atoms with Gasteiger partial charge in [-0.05, 0) is 29.1 Å². The Bertz CT molecular complexity index is 521. The fourth-order valence-electron chi connectivity index (χ4n) is 2.62. The van der Waals surface area contributed by atoms with E-state index in [9.17, 15) is 4.39 Å². The van der Waals surface area contributed by atoms with E-state index in [-0.39, 0.29) is 11.9 Å². The van der Waals surface area contributed by atoms with Crippen molar-refractivity contribution >= 4 is 11.3 Å². The van der Waals surface area contributed by atoms with Crippen molar-refractivity contribution in [3.8, 4) is 0 Å². The molecule has 0 radical (unpaired) electrons. The molecule has 3 rings (SSSR count). The van der Waals surface area contributed by atoms with Crippen molar-refractivity contribution < 1.29 is 4.39 Å². The summed E-state index contributed by atoms with van der Waals surface area (Å²) in [5, 5.41) is 5.45. The number of benzene rings is 1. The van der Waals surface area contributed by atoms with Gasteiger partial charge in [0.2, 0.25) is 0 Å². The third-order valence-electron chi connectivity index (χ3n) is 3.49. The Morgan fingerprint density at radius 1 is 1.16 bits per heavy atom. The molecule has 100 valence electrons. The lowest BCUT2D eigenvalue weighted by molar-refractivity contribution is 0.200. The summed E-state index contributed by atoms with van der Waals surface area (Å²) < 4.78 is 13.5. The van der Waals surface area contributed by atoms with Gasteiger partial charge in [0, 0.05) is 31.1 Å². The Morgan fingerprint density at radius 2 is 2.00 bits per heavy atom. The predicted molar refractivity (Wildman–Crippen MR) is 77.0 cm³/mol. The molecule has 1 aromatic carbocycles. The molecule has 0 spiro atoms. The fourth-order valence-corrected chi connectivity index (χ4v) is 3.50. The average molecular weight is 276 g/mol. The monoisotopic (exact) mass is 276 g/mol. The van der Waals surface area contributed by atoms with Crippen molar-refractivity contribution in [2.24, 2.45) is 0 Å². The Labute approximate surface area is 116 Å². The molecular weight excluding hydrogens is 259 g/mol. The van der Waals surface area contributed by atoms with E-state index >= 15 is 0 Å². The summed E-state index contributed by atoms with van der Waals surface area (Å²) in [6, 6.07) is 11.4. The van der Waals surface area contributed by atoms with E-state index in [0.717, 1.165) is 31.7 Å². The predicted octanol–water partition coefficient (Wildman–Crippen LogP) is 2.88. The number of hydrogen-bond donors (Lipinski definition) is 1. The number of thiophene rings is 1. The maximum absolute atomic E-state index is 13.5. The van der Waals surface area contributed by atoms with Gasteiger partial charge in [0.1, 0.15) is 5.82 Å². The molecule has 2 aromatic rings. The topological polar surface area (TPSA) is 15.3 Å². The van der Waals surface area contributed by atoms with E-state index in [1.54, 1.807) is 23.5 Å². The lowest BCUT2D eigenvalue weighted by Crippen LogP contribution is -2.45. The molecule has 2 nitrogen and oxygen atoms in total. The van der Waals surface area contributed by atoms with Crippen LogP contribution in [0.15, 0.2) is 41.8 Å². The van der Waals surface area contributed by atoms with Crippen molar-refractivity contribution in [3.05, 3.63) is 58.0 Å². The van der Waals surface area contributed by atoms with Gasteiger partial charge in [0.05, 0.1) is 6.04 Å². The minimum absolute atomic E-state index is 0.158. The van der Waals surface area contributed by atoms with Gasteiger partial charge in [-0.2, -0.15) is 0 Å². The van der Waals surface area contributed by atoms with Gasteiger partial charge in [-0.25, -0.2) is 4.39 Å². The smallest absolute Gasteiger partial charge is 0.123 e. The lowest BCUT2D eigenvalue weighted by atomic mass is 10.0. The first kappa shape index (κ1) is 12.8. The second kappa shape index (κ2) is 5.82. The first-order chi connectivity index (χ1) is 9.34. The average Bonchev–Trinajstić information content (AvgIpc) is 2.94. The number of halogens is 1. The molecule has 19 heavy (non-hydrogen) atoms. The summed E-state index contributed by atoms with van der Waals surface area (Å²) >= 11 is 1.74. The minimum Gasteiger partial charge on any atom is -0.314 e. The van der Waals surface area contributed by atoms with Gasteiger partial charge >= 0.3 is 0 Å². The molecule has 2 heterocycles. The molecule has 0 amide bonds. The molecule has 1 fully saturated rings. The molecule has 1 saturated heterocycles. The Balaban J connectivity index is 1.96. The largest absolute Gasteiger partial charge is 0.314 e. The maximum Gasteiger partial charge on any atom is 0.123 e. The van der Waals surface area contributed by atoms with Crippen LogP contribution in [0.5, 0.6) is 0 Å². The van der Waals surface area contributed by atoms with Crippen LogP contribution in [0.4, 0.5) is 4.39 Å². The van der Waals surface area contributed by atoms with E-state index in [1.807, 2.05) is 6.07 Å². The van der Waals surface area contributed by atoms with Crippen molar-refractivity contribution in [3.63, 3.8) is 0 Å². The third-order valence-corrected chi connectivity index (χ3v) is 4.42. The van der Waals surface area contributed by atoms with Crippen molar-refractivity contribution in [2.75, 3.05) is 26.2 Å². The van der Waals surface area contributed by atoms with E-state index < -0.39 is 0 Å². The van der Waals surface area contributed by atoms with Crippen molar-refractivity contribution in [1.29, 1.82) is 0 Å². The molecule has 1 atom stereocenters. The second-order valence-corrected chi connectivity index (χ2v) is 5.74. The number of piperazine rings is 1. The highest BCUT2D eigenvalue weighted by atomic mass is 32.1. The van der Waals surface area contributed by atoms with E-state index in [4.69, 9.17) is 0 Å². The fraction of sp³-hybridized carbons (Fsp3) is 0.333. The summed E-state index contributed by atoms with van der Waals surface area (Å²) in [6.45, 7) is 3.99. The van der Waals surface area contributed by atoms with Crippen LogP contribution in [-0.4, -0.2) is 31.1 Å². The Kier molecular flexibility index (Phi) is 3.92. The summed E-state index contributed by atoms with van der Waals surface area (Å²) in [7, 11) is 0. The molecule has 0 saturated carbocycles. The molecule has 0 aliphatic carbocycles. The zero-order valence-corrected chi connectivity index (χ0v) is 11.5. The molecule has 1 N–H and O–H groups in total. The standard InChI is InChI=1S/C15H17FN2S/c16-13-4-1-3-12(11-13)15(14-5-2-10-19-14)18-8-6-17-7-9-18/h1-5,10-11,15,17H,6-9H2/t15-/m1/s1. The van der Waals surface area contributed by atoms with Gasteiger partial charge in [0.25, 0.3) is 0 Å². The van der Waals surface area contributed by atoms with Crippen LogP contribution in [0, 0.1) is 5.82 Å². The minimum atomic E-state index is -0.158. The number of nitrogens with zero attached hydrogens (tertiary/aromatic N) is 1. The molecule has 4 heteroatoms. The lowest BCUT2D eigenvalue weighted by Gasteiger charge is -2.34. The Hall–Kier alpha value is -1.23. The first-order valence-electron chi connectivity index (χ1n) is 6.58. The van der Waals surface area contributed by atoms with Gasteiger partial charge in [-0.15, -0.1) is 11.3 Å². The van der Waals surface area contributed by atoms with Crippen LogP contribution in [0.2, 0.25) is 0 Å². The number of nitrogens with one attached hydrogen (secondary N) is 1. The number of hydrogen-bond acceptors (Lipinski definition) is 3. The van der Waals surface area contributed by atoms with Crippen LogP contribution in [0.3, 0.4) is 0 Å². The highest BCUT2D eigenvalue weighted by Gasteiger charge is 2.24. The number of rotatable bonds is 3. The first-order valence-corrected chi connectivity index (χ1v) is 7.46. The third kappa shape index (κ3) is 2.86. The van der Waals surface area contributed by atoms with Gasteiger partial charge in [-0.1, -0.05) is 18.2 Å². The highest BCUT2D eigenvalue weighted by Crippen LogP contribution is 2.32. The van der Waals surface area contributed by atoms with Crippen LogP contribution in [0.1, 0.15) is 16.5 Å². The summed E-state index contributed by atoms with van der Waals surface area (Å²) in [6.07, 6.45) is 0. The second-order valence-electron chi connectivity index (χ2n) is 4.76. The molecule has 0 bridgehead atoms. The molecular formula is C15H17FN2S. The van der Waals surface area contributed by atoms with Crippen LogP contribution >= 0.6 is 11.3 Å². The summed E-state index contributed by atoms with van der Waals surface area (Å²) in [4.78, 5) is 3.71. The van der Waals surface area contributed by atoms with Crippen molar-refractivity contribution in [1.82, 2.24) is 10.2 Å². The van der Waals surface area contributed by atoms with Crippen LogP contribution in [0.25, 0.3) is 0 Å². The van der Waals surface area contributed by atoms with E-state index in [1.165, 1.54) is 10.9 Å². The van der Waals surface area contributed by atoms with Gasteiger partial charge in [0.15, 0.2) is 0 Å². The van der Waals surface area contributed by atoms with Crippen molar-refractivity contribution in [2.45, 2.75) is 6.04 Å².